The molecule has 1 heterocycles. The van der Waals surface area contributed by atoms with Crippen molar-refractivity contribution in [3.05, 3.63) is 71.1 Å². The van der Waals surface area contributed by atoms with Gasteiger partial charge in [0.1, 0.15) is 12.4 Å². The van der Waals surface area contributed by atoms with Crippen LogP contribution in [0.2, 0.25) is 0 Å². The van der Waals surface area contributed by atoms with Crippen molar-refractivity contribution in [2.45, 2.75) is 6.61 Å². The van der Waals surface area contributed by atoms with E-state index >= 15 is 0 Å². The molecule has 0 N–H and O–H groups in total. The number of nitrogens with zero attached hydrogens (tertiary/aromatic N) is 1. The number of rotatable bonds is 4. The quantitative estimate of drug-likeness (QED) is 0.699. The summed E-state index contributed by atoms with van der Waals surface area (Å²) >= 11 is 1.60. The standard InChI is InChI=1S/C16H13NOS/c1-2-5-13(6-3-1)10-18-15-8-4-7-14(9-15)16-11-19-12-17-16/h1-9,11-12H,10H2. The minimum absolute atomic E-state index is 0.585. The molecule has 0 saturated carbocycles. The minimum Gasteiger partial charge on any atom is -0.489 e. The average molecular weight is 267 g/mol. The number of hydrogen-bond donors (Lipinski definition) is 0. The highest BCUT2D eigenvalue weighted by Gasteiger charge is 2.02. The minimum atomic E-state index is 0.585. The molecule has 0 saturated heterocycles. The van der Waals surface area contributed by atoms with Gasteiger partial charge in [0.2, 0.25) is 0 Å². The van der Waals surface area contributed by atoms with Crippen LogP contribution in [0.4, 0.5) is 0 Å². The summed E-state index contributed by atoms with van der Waals surface area (Å²) in [4.78, 5) is 4.31. The topological polar surface area (TPSA) is 22.1 Å². The van der Waals surface area contributed by atoms with Crippen molar-refractivity contribution in [3.63, 3.8) is 0 Å². The van der Waals surface area contributed by atoms with Gasteiger partial charge < -0.3 is 4.74 Å². The zero-order valence-corrected chi connectivity index (χ0v) is 11.1. The highest BCUT2D eigenvalue weighted by molar-refractivity contribution is 7.07. The Kier molecular flexibility index (Phi) is 3.56. The lowest BCUT2D eigenvalue weighted by molar-refractivity contribution is 0.306. The molecule has 2 aromatic carbocycles. The summed E-state index contributed by atoms with van der Waals surface area (Å²) in [5.41, 5.74) is 5.09. The first-order valence-corrected chi connectivity index (χ1v) is 7.01. The highest BCUT2D eigenvalue weighted by atomic mass is 32.1. The fourth-order valence-electron chi connectivity index (χ4n) is 1.84. The molecule has 0 spiro atoms. The van der Waals surface area contributed by atoms with Crippen LogP contribution in [0.15, 0.2) is 65.5 Å². The molecule has 94 valence electrons. The Morgan fingerprint density at radius 1 is 1.00 bits per heavy atom. The predicted molar refractivity (Wildman–Crippen MR) is 78.3 cm³/mol. The maximum absolute atomic E-state index is 5.81. The van der Waals surface area contributed by atoms with Gasteiger partial charge in [-0.2, -0.15) is 0 Å². The lowest BCUT2D eigenvalue weighted by Gasteiger charge is -2.07. The fourth-order valence-corrected chi connectivity index (χ4v) is 2.40. The van der Waals surface area contributed by atoms with E-state index in [4.69, 9.17) is 4.74 Å². The largest absolute Gasteiger partial charge is 0.489 e. The van der Waals surface area contributed by atoms with Gasteiger partial charge in [-0.1, -0.05) is 42.5 Å². The first kappa shape index (κ1) is 11.9. The second kappa shape index (κ2) is 5.67. The number of thiazole rings is 1. The molecule has 0 radical (unpaired) electrons. The van der Waals surface area contributed by atoms with Gasteiger partial charge in [-0.05, 0) is 17.7 Å². The molecule has 2 nitrogen and oxygen atoms in total. The monoisotopic (exact) mass is 267 g/mol. The molecule has 0 bridgehead atoms. The van der Waals surface area contributed by atoms with Crippen LogP contribution in [0.3, 0.4) is 0 Å². The average Bonchev–Trinajstić information content (AvgIpc) is 3.01. The Morgan fingerprint density at radius 3 is 2.68 bits per heavy atom. The predicted octanol–water partition coefficient (Wildman–Crippen LogP) is 4.39. The van der Waals surface area contributed by atoms with Crippen LogP contribution in [0.1, 0.15) is 5.56 Å². The van der Waals surface area contributed by atoms with E-state index in [0.29, 0.717) is 6.61 Å². The van der Waals surface area contributed by atoms with Crippen molar-refractivity contribution < 1.29 is 4.74 Å². The lowest BCUT2D eigenvalue weighted by Crippen LogP contribution is -1.94. The second-order valence-electron chi connectivity index (χ2n) is 4.18. The summed E-state index contributed by atoms with van der Waals surface area (Å²) in [6.07, 6.45) is 0. The van der Waals surface area contributed by atoms with E-state index < -0.39 is 0 Å². The zero-order valence-electron chi connectivity index (χ0n) is 10.3. The van der Waals surface area contributed by atoms with Gasteiger partial charge in [0.25, 0.3) is 0 Å². The van der Waals surface area contributed by atoms with Gasteiger partial charge in [-0.15, -0.1) is 11.3 Å². The van der Waals surface area contributed by atoms with Crippen molar-refractivity contribution in [3.8, 4) is 17.0 Å². The van der Waals surface area contributed by atoms with E-state index in [1.54, 1.807) is 11.3 Å². The van der Waals surface area contributed by atoms with E-state index in [9.17, 15) is 0 Å². The van der Waals surface area contributed by atoms with Crippen LogP contribution < -0.4 is 4.74 Å². The third-order valence-electron chi connectivity index (χ3n) is 2.81. The van der Waals surface area contributed by atoms with Crippen LogP contribution in [0.5, 0.6) is 5.75 Å². The van der Waals surface area contributed by atoms with Gasteiger partial charge in [0, 0.05) is 10.9 Å². The third kappa shape index (κ3) is 3.01. The van der Waals surface area contributed by atoms with Gasteiger partial charge in [0.05, 0.1) is 11.2 Å². The van der Waals surface area contributed by atoms with Gasteiger partial charge in [-0.25, -0.2) is 4.98 Å². The smallest absolute Gasteiger partial charge is 0.120 e. The summed E-state index contributed by atoms with van der Waals surface area (Å²) < 4.78 is 5.81. The maximum atomic E-state index is 5.81. The molecule has 1 aromatic heterocycles. The van der Waals surface area contributed by atoms with Gasteiger partial charge in [-0.3, -0.25) is 0 Å². The van der Waals surface area contributed by atoms with Gasteiger partial charge >= 0.3 is 0 Å². The first-order chi connectivity index (χ1) is 9.42. The molecular weight excluding hydrogens is 254 g/mol. The summed E-state index contributed by atoms with van der Waals surface area (Å²) in [6.45, 7) is 0.585. The first-order valence-electron chi connectivity index (χ1n) is 6.07. The van der Waals surface area contributed by atoms with Crippen molar-refractivity contribution in [1.82, 2.24) is 4.98 Å². The molecule has 0 aliphatic rings. The summed E-state index contributed by atoms with van der Waals surface area (Å²) in [7, 11) is 0. The van der Waals surface area contributed by atoms with E-state index in [1.807, 2.05) is 53.4 Å². The molecule has 3 heteroatoms. The molecule has 0 amide bonds. The van der Waals surface area contributed by atoms with Gasteiger partial charge in [0.15, 0.2) is 0 Å². The van der Waals surface area contributed by atoms with E-state index in [1.165, 1.54) is 5.56 Å². The second-order valence-corrected chi connectivity index (χ2v) is 4.89. The Labute approximate surface area is 116 Å². The highest BCUT2D eigenvalue weighted by Crippen LogP contribution is 2.24. The molecule has 3 rings (SSSR count). The molecule has 19 heavy (non-hydrogen) atoms. The summed E-state index contributed by atoms with van der Waals surface area (Å²) in [5.74, 6) is 0.870. The van der Waals surface area contributed by atoms with Crippen LogP contribution in [-0.2, 0) is 6.61 Å². The fraction of sp³-hybridized carbons (Fsp3) is 0.0625. The number of benzene rings is 2. The van der Waals surface area contributed by atoms with Crippen molar-refractivity contribution in [1.29, 1.82) is 0 Å². The lowest BCUT2D eigenvalue weighted by atomic mass is 10.1. The molecule has 0 unspecified atom stereocenters. The van der Waals surface area contributed by atoms with Crippen LogP contribution in [0, 0.1) is 0 Å². The molecule has 0 aliphatic carbocycles. The Bertz CT molecular complexity index is 635. The molecule has 3 aromatic rings. The molecular formula is C16H13NOS. The van der Waals surface area contributed by atoms with Crippen LogP contribution in [0.25, 0.3) is 11.3 Å². The Hall–Kier alpha value is -2.13. The number of aromatic nitrogens is 1. The molecule has 0 fully saturated rings. The number of ether oxygens (including phenoxy) is 1. The summed E-state index contributed by atoms with van der Waals surface area (Å²) in [5, 5.41) is 2.04. The van der Waals surface area contributed by atoms with Crippen molar-refractivity contribution >= 4 is 11.3 Å². The zero-order chi connectivity index (χ0) is 12.9. The normalized spacial score (nSPS) is 10.3. The third-order valence-corrected chi connectivity index (χ3v) is 3.40. The van der Waals surface area contributed by atoms with E-state index in [0.717, 1.165) is 17.0 Å². The number of hydrogen-bond acceptors (Lipinski definition) is 3. The van der Waals surface area contributed by atoms with E-state index in [2.05, 4.69) is 17.1 Å². The Morgan fingerprint density at radius 2 is 1.89 bits per heavy atom. The SMILES string of the molecule is c1ccc(COc2cccc(-c3cscn3)c2)cc1. The van der Waals surface area contributed by atoms with Crippen LogP contribution in [-0.4, -0.2) is 4.98 Å². The molecule has 0 aliphatic heterocycles. The molecule has 0 atom stereocenters. The summed E-state index contributed by atoms with van der Waals surface area (Å²) in [6, 6.07) is 18.2. The van der Waals surface area contributed by atoms with Crippen molar-refractivity contribution in [2.24, 2.45) is 0 Å². The van der Waals surface area contributed by atoms with E-state index in [-0.39, 0.29) is 0 Å². The van der Waals surface area contributed by atoms with Crippen molar-refractivity contribution in [2.75, 3.05) is 0 Å². The van der Waals surface area contributed by atoms with Crippen LogP contribution >= 0.6 is 11.3 Å². The maximum Gasteiger partial charge on any atom is 0.120 e. The Balaban J connectivity index is 1.74.